The first-order valence-electron chi connectivity index (χ1n) is 8.80. The normalized spacial score (nSPS) is 11.0. The molecule has 0 fully saturated rings. The lowest BCUT2D eigenvalue weighted by Crippen LogP contribution is -2.23. The lowest BCUT2D eigenvalue weighted by molar-refractivity contribution is -0.116. The molecule has 1 aromatic carbocycles. The Hall–Kier alpha value is -2.98. The fraction of sp³-hybridized carbons (Fsp3) is 0.211. The summed E-state index contributed by atoms with van der Waals surface area (Å²) in [6.07, 6.45) is 4.61. The van der Waals surface area contributed by atoms with E-state index in [4.69, 9.17) is 0 Å². The molecule has 150 valence electrons. The van der Waals surface area contributed by atoms with Gasteiger partial charge in [-0.05, 0) is 24.6 Å². The minimum atomic E-state index is -0.520. The number of nitrogens with zero attached hydrogens (tertiary/aromatic N) is 4. The fourth-order valence-electron chi connectivity index (χ4n) is 2.42. The third-order valence-electron chi connectivity index (χ3n) is 3.68. The Morgan fingerprint density at radius 3 is 2.79 bits per heavy atom. The number of anilines is 3. The first kappa shape index (κ1) is 20.7. The van der Waals surface area contributed by atoms with Gasteiger partial charge in [-0.3, -0.25) is 19.8 Å². The van der Waals surface area contributed by atoms with Crippen molar-refractivity contribution in [2.75, 3.05) is 10.2 Å². The molecule has 0 aliphatic carbocycles. The first-order valence-corrected chi connectivity index (χ1v) is 10.5. The highest BCUT2D eigenvalue weighted by Crippen LogP contribution is 2.31. The molecule has 2 heterocycles. The summed E-state index contributed by atoms with van der Waals surface area (Å²) >= 11 is 2.51. The van der Waals surface area contributed by atoms with Gasteiger partial charge in [0.25, 0.3) is 0 Å². The number of benzene rings is 1. The summed E-state index contributed by atoms with van der Waals surface area (Å²) in [6.45, 7) is 3.38. The second kappa shape index (κ2) is 9.48. The molecule has 0 bridgehead atoms. The van der Waals surface area contributed by atoms with Gasteiger partial charge in [-0.15, -0.1) is 21.5 Å². The van der Waals surface area contributed by atoms with Gasteiger partial charge in [0, 0.05) is 24.8 Å². The van der Waals surface area contributed by atoms with Crippen LogP contribution >= 0.6 is 22.7 Å². The van der Waals surface area contributed by atoms with E-state index in [1.807, 2.05) is 6.92 Å². The molecular weight excluding hydrogens is 413 g/mol. The largest absolute Gasteiger partial charge is 0.297 e. The van der Waals surface area contributed by atoms with Gasteiger partial charge < -0.3 is 0 Å². The molecule has 0 spiro atoms. The van der Waals surface area contributed by atoms with Gasteiger partial charge in [-0.2, -0.15) is 0 Å². The van der Waals surface area contributed by atoms with Crippen molar-refractivity contribution in [3.05, 3.63) is 52.2 Å². The molecule has 0 unspecified atom stereocenters. The van der Waals surface area contributed by atoms with Crippen LogP contribution in [0.1, 0.15) is 31.0 Å². The molecule has 29 heavy (non-hydrogen) atoms. The molecule has 10 heteroatoms. The van der Waals surface area contributed by atoms with Crippen molar-refractivity contribution in [3.63, 3.8) is 0 Å². The molecule has 0 aliphatic heterocycles. The van der Waals surface area contributed by atoms with Crippen LogP contribution in [0.3, 0.4) is 0 Å². The van der Waals surface area contributed by atoms with E-state index in [2.05, 4.69) is 20.5 Å². The van der Waals surface area contributed by atoms with Crippen LogP contribution in [0.25, 0.3) is 6.08 Å². The van der Waals surface area contributed by atoms with Crippen LogP contribution in [0.4, 0.5) is 20.3 Å². The monoisotopic (exact) mass is 431 g/mol. The summed E-state index contributed by atoms with van der Waals surface area (Å²) in [5, 5.41) is 13.9. The lowest BCUT2D eigenvalue weighted by Gasteiger charge is -2.18. The van der Waals surface area contributed by atoms with Crippen molar-refractivity contribution in [3.8, 4) is 0 Å². The van der Waals surface area contributed by atoms with Gasteiger partial charge in [0.1, 0.15) is 10.8 Å². The van der Waals surface area contributed by atoms with Gasteiger partial charge in [0.05, 0.1) is 11.4 Å². The topological polar surface area (TPSA) is 88.1 Å². The van der Waals surface area contributed by atoms with E-state index < -0.39 is 5.82 Å². The number of amides is 2. The Kier molecular flexibility index (Phi) is 6.78. The summed E-state index contributed by atoms with van der Waals surface area (Å²) < 4.78 is 14.1. The Labute approximate surface area is 174 Å². The van der Waals surface area contributed by atoms with Crippen molar-refractivity contribution in [1.29, 1.82) is 0 Å². The number of thiazole rings is 1. The molecule has 1 N–H and O–H groups in total. The molecule has 3 rings (SSSR count). The summed E-state index contributed by atoms with van der Waals surface area (Å²) in [4.78, 5) is 29.7. The number of halogens is 1. The minimum Gasteiger partial charge on any atom is -0.297 e. The van der Waals surface area contributed by atoms with Crippen LogP contribution in [0, 0.1) is 5.82 Å². The van der Waals surface area contributed by atoms with Gasteiger partial charge in [0.2, 0.25) is 16.9 Å². The number of hydrogen-bond acceptors (Lipinski definition) is 7. The van der Waals surface area contributed by atoms with Crippen molar-refractivity contribution in [1.82, 2.24) is 15.2 Å². The van der Waals surface area contributed by atoms with Crippen LogP contribution in [-0.2, 0) is 16.0 Å². The molecule has 0 saturated carbocycles. The number of carbonyl (C=O) groups excluding carboxylic acids is 2. The average molecular weight is 432 g/mol. The predicted octanol–water partition coefficient (Wildman–Crippen LogP) is 4.42. The van der Waals surface area contributed by atoms with Crippen molar-refractivity contribution in [2.45, 2.75) is 26.7 Å². The molecule has 0 aliphatic rings. The standard InChI is InChI=1S/C19H18FN5O2S2/c1-3-6-17-23-24-18(29-17)22-16(27)10-9-13-11-28-19(21-13)25(12(2)26)15-8-5-4-7-14(15)20/h4-5,7-11H,3,6H2,1-2H3,(H,22,24,27)/b10-9+. The van der Waals surface area contributed by atoms with Crippen molar-refractivity contribution >= 4 is 56.5 Å². The zero-order valence-electron chi connectivity index (χ0n) is 15.8. The number of para-hydroxylation sites is 1. The fourth-order valence-corrected chi connectivity index (χ4v) is 4.12. The van der Waals surface area contributed by atoms with E-state index in [9.17, 15) is 14.0 Å². The van der Waals surface area contributed by atoms with E-state index in [1.165, 1.54) is 58.8 Å². The van der Waals surface area contributed by atoms with Gasteiger partial charge in [-0.25, -0.2) is 9.37 Å². The highest BCUT2D eigenvalue weighted by Gasteiger charge is 2.20. The summed E-state index contributed by atoms with van der Waals surface area (Å²) in [5.74, 6) is -1.25. The molecule has 0 radical (unpaired) electrons. The van der Waals surface area contributed by atoms with E-state index in [1.54, 1.807) is 17.5 Å². The molecule has 7 nitrogen and oxygen atoms in total. The van der Waals surface area contributed by atoms with E-state index in [0.29, 0.717) is 16.0 Å². The van der Waals surface area contributed by atoms with Gasteiger partial charge in [-0.1, -0.05) is 30.4 Å². The SMILES string of the molecule is CCCc1nnc(NC(=O)/C=C/c2csc(N(C(C)=O)c3ccccc3F)n2)s1. The lowest BCUT2D eigenvalue weighted by atomic mass is 10.3. The number of carbonyl (C=O) groups is 2. The molecular formula is C19H18FN5O2S2. The Morgan fingerprint density at radius 2 is 2.07 bits per heavy atom. The second-order valence-corrected chi connectivity index (χ2v) is 7.83. The van der Waals surface area contributed by atoms with E-state index >= 15 is 0 Å². The number of aromatic nitrogens is 3. The van der Waals surface area contributed by atoms with Gasteiger partial charge >= 0.3 is 0 Å². The maximum atomic E-state index is 14.1. The number of nitrogens with one attached hydrogen (secondary N) is 1. The molecule has 3 aromatic rings. The second-order valence-electron chi connectivity index (χ2n) is 5.93. The third kappa shape index (κ3) is 5.30. The van der Waals surface area contributed by atoms with Crippen LogP contribution in [0.15, 0.2) is 35.7 Å². The van der Waals surface area contributed by atoms with Gasteiger partial charge in [0.15, 0.2) is 5.13 Å². The van der Waals surface area contributed by atoms with Crippen molar-refractivity contribution in [2.24, 2.45) is 0 Å². The average Bonchev–Trinajstić information content (AvgIpc) is 3.32. The summed E-state index contributed by atoms with van der Waals surface area (Å²) in [5.41, 5.74) is 0.605. The number of rotatable bonds is 7. The van der Waals surface area contributed by atoms with Crippen molar-refractivity contribution < 1.29 is 14.0 Å². The number of aryl methyl sites for hydroxylation is 1. The van der Waals surface area contributed by atoms with Crippen LogP contribution < -0.4 is 10.2 Å². The quantitative estimate of drug-likeness (QED) is 0.560. The Morgan fingerprint density at radius 1 is 1.28 bits per heavy atom. The minimum absolute atomic E-state index is 0.127. The Bertz CT molecular complexity index is 1050. The maximum Gasteiger partial charge on any atom is 0.250 e. The zero-order valence-corrected chi connectivity index (χ0v) is 17.4. The Balaban J connectivity index is 1.70. The van der Waals surface area contributed by atoms with E-state index in [-0.39, 0.29) is 17.5 Å². The maximum absolute atomic E-state index is 14.1. The molecule has 2 aromatic heterocycles. The number of hydrogen-bond donors (Lipinski definition) is 1. The summed E-state index contributed by atoms with van der Waals surface area (Å²) in [6, 6.07) is 5.99. The highest BCUT2D eigenvalue weighted by molar-refractivity contribution is 7.15. The van der Waals surface area contributed by atoms with E-state index in [0.717, 1.165) is 17.8 Å². The molecule has 2 amide bonds. The summed E-state index contributed by atoms with van der Waals surface area (Å²) in [7, 11) is 0. The van der Waals surface area contributed by atoms with Crippen LogP contribution in [0.5, 0.6) is 0 Å². The molecule has 0 atom stereocenters. The smallest absolute Gasteiger partial charge is 0.250 e. The third-order valence-corrected chi connectivity index (χ3v) is 5.42. The predicted molar refractivity (Wildman–Crippen MR) is 113 cm³/mol. The first-order chi connectivity index (χ1) is 14.0. The highest BCUT2D eigenvalue weighted by atomic mass is 32.1. The van der Waals surface area contributed by atoms with Crippen LogP contribution in [-0.4, -0.2) is 27.0 Å². The zero-order chi connectivity index (χ0) is 20.8. The molecule has 0 saturated heterocycles. The van der Waals surface area contributed by atoms with Crippen LogP contribution in [0.2, 0.25) is 0 Å².